The van der Waals surface area contributed by atoms with E-state index < -0.39 is 11.9 Å². The molecule has 0 atom stereocenters. The molecule has 0 spiro atoms. The van der Waals surface area contributed by atoms with Gasteiger partial charge in [0.05, 0.1) is 27.1 Å². The Morgan fingerprint density at radius 1 is 1.00 bits per heavy atom. The molecule has 3 aromatic rings. The van der Waals surface area contributed by atoms with Crippen LogP contribution in [0.1, 0.15) is 5.56 Å². The van der Waals surface area contributed by atoms with E-state index in [0.29, 0.717) is 40.3 Å². The second-order valence-electron chi connectivity index (χ2n) is 6.78. The Hall–Kier alpha value is -3.73. The molecule has 1 heterocycles. The lowest BCUT2D eigenvalue weighted by Gasteiger charge is -2.14. The number of amides is 3. The van der Waals surface area contributed by atoms with Crippen molar-refractivity contribution in [3.05, 3.63) is 48.0 Å². The van der Waals surface area contributed by atoms with Crippen LogP contribution in [0, 0.1) is 0 Å². The van der Waals surface area contributed by atoms with E-state index in [-0.39, 0.29) is 5.75 Å². The number of thioether (sulfide) groups is 1. The smallest absolute Gasteiger partial charge is 0.321 e. The Labute approximate surface area is 195 Å². The zero-order chi connectivity index (χ0) is 23.8. The van der Waals surface area contributed by atoms with Gasteiger partial charge in [-0.15, -0.1) is 10.2 Å². The van der Waals surface area contributed by atoms with Crippen LogP contribution in [0.15, 0.2) is 47.6 Å². The maximum Gasteiger partial charge on any atom is 0.321 e. The number of carbonyl (C=O) groups excluding carboxylic acids is 2. The van der Waals surface area contributed by atoms with E-state index in [4.69, 9.17) is 14.2 Å². The molecule has 2 N–H and O–H groups in total. The number of benzene rings is 2. The zero-order valence-electron chi connectivity index (χ0n) is 18.7. The second-order valence-corrected chi connectivity index (χ2v) is 7.73. The molecular weight excluding hydrogens is 446 g/mol. The lowest BCUT2D eigenvalue weighted by Crippen LogP contribution is -2.39. The van der Waals surface area contributed by atoms with Crippen molar-refractivity contribution in [2.75, 3.05) is 27.1 Å². The Morgan fingerprint density at radius 2 is 1.67 bits per heavy atom. The van der Waals surface area contributed by atoms with Crippen LogP contribution in [0.3, 0.4) is 0 Å². The van der Waals surface area contributed by atoms with Gasteiger partial charge < -0.3 is 24.1 Å². The number of nitrogens with zero attached hydrogens (tertiary/aromatic N) is 3. The van der Waals surface area contributed by atoms with Gasteiger partial charge in [0.25, 0.3) is 0 Å². The SMILES string of the molecule is COc1cc(-c2nnc(SCC(=O)NC(=O)NCc3ccccc3)n2C)cc(OC)c1OC. The highest BCUT2D eigenvalue weighted by Gasteiger charge is 2.19. The van der Waals surface area contributed by atoms with Gasteiger partial charge in [0, 0.05) is 19.2 Å². The van der Waals surface area contributed by atoms with Gasteiger partial charge >= 0.3 is 6.03 Å². The number of aromatic nitrogens is 3. The van der Waals surface area contributed by atoms with Gasteiger partial charge in [-0.1, -0.05) is 42.1 Å². The first-order chi connectivity index (χ1) is 16.0. The number of methoxy groups -OCH3 is 3. The highest BCUT2D eigenvalue weighted by Crippen LogP contribution is 2.41. The summed E-state index contributed by atoms with van der Waals surface area (Å²) in [4.78, 5) is 24.1. The molecule has 0 fully saturated rings. The predicted octanol–water partition coefficient (Wildman–Crippen LogP) is 2.63. The Balaban J connectivity index is 1.61. The number of hydrogen-bond donors (Lipinski definition) is 2. The molecule has 0 saturated heterocycles. The monoisotopic (exact) mass is 471 g/mol. The van der Waals surface area contributed by atoms with Crippen molar-refractivity contribution < 1.29 is 23.8 Å². The van der Waals surface area contributed by atoms with E-state index >= 15 is 0 Å². The van der Waals surface area contributed by atoms with Gasteiger partial charge in [-0.25, -0.2) is 4.79 Å². The number of imide groups is 1. The molecule has 0 saturated carbocycles. The molecule has 10 nitrogen and oxygen atoms in total. The fraction of sp³-hybridized carbons (Fsp3) is 0.273. The lowest BCUT2D eigenvalue weighted by atomic mass is 10.1. The van der Waals surface area contributed by atoms with Crippen LogP contribution in [-0.2, 0) is 18.4 Å². The molecule has 0 aliphatic carbocycles. The summed E-state index contributed by atoms with van der Waals surface area (Å²) in [5.41, 5.74) is 1.64. The van der Waals surface area contributed by atoms with Crippen molar-refractivity contribution in [1.82, 2.24) is 25.4 Å². The van der Waals surface area contributed by atoms with Gasteiger partial charge in [0.2, 0.25) is 11.7 Å². The van der Waals surface area contributed by atoms with Crippen LogP contribution >= 0.6 is 11.8 Å². The van der Waals surface area contributed by atoms with E-state index in [2.05, 4.69) is 20.8 Å². The molecule has 3 rings (SSSR count). The molecule has 0 aliphatic heterocycles. The van der Waals surface area contributed by atoms with Crippen LogP contribution in [0.4, 0.5) is 4.79 Å². The van der Waals surface area contributed by atoms with Gasteiger partial charge in [0.1, 0.15) is 0 Å². The Kier molecular flexibility index (Phi) is 8.14. The average Bonchev–Trinajstić information content (AvgIpc) is 3.21. The number of nitrogens with one attached hydrogen (secondary N) is 2. The maximum atomic E-state index is 12.2. The van der Waals surface area contributed by atoms with Crippen molar-refractivity contribution in [2.45, 2.75) is 11.7 Å². The average molecular weight is 472 g/mol. The molecule has 0 radical (unpaired) electrons. The molecule has 174 valence electrons. The van der Waals surface area contributed by atoms with E-state index in [9.17, 15) is 9.59 Å². The third kappa shape index (κ3) is 5.95. The summed E-state index contributed by atoms with van der Waals surface area (Å²) in [6, 6.07) is 12.4. The van der Waals surface area contributed by atoms with Crippen LogP contribution in [0.2, 0.25) is 0 Å². The van der Waals surface area contributed by atoms with Gasteiger partial charge in [-0.05, 0) is 17.7 Å². The summed E-state index contributed by atoms with van der Waals surface area (Å²) in [5.74, 6) is 1.57. The van der Waals surface area contributed by atoms with E-state index in [1.165, 1.54) is 21.3 Å². The minimum absolute atomic E-state index is 0.0000148. The third-order valence-electron chi connectivity index (χ3n) is 4.64. The van der Waals surface area contributed by atoms with E-state index in [1.807, 2.05) is 30.3 Å². The molecular formula is C22H25N5O5S. The van der Waals surface area contributed by atoms with Crippen molar-refractivity contribution in [3.63, 3.8) is 0 Å². The highest BCUT2D eigenvalue weighted by molar-refractivity contribution is 7.99. The molecule has 11 heteroatoms. The minimum atomic E-state index is -0.555. The summed E-state index contributed by atoms with van der Waals surface area (Å²) in [7, 11) is 6.39. The molecule has 33 heavy (non-hydrogen) atoms. The Morgan fingerprint density at radius 3 is 2.27 bits per heavy atom. The van der Waals surface area contributed by atoms with Crippen LogP contribution in [0.25, 0.3) is 11.4 Å². The molecule has 0 aliphatic rings. The van der Waals surface area contributed by atoms with Crippen molar-refractivity contribution in [1.29, 1.82) is 0 Å². The number of urea groups is 1. The quantitative estimate of drug-likeness (QED) is 0.458. The fourth-order valence-electron chi connectivity index (χ4n) is 3.02. The largest absolute Gasteiger partial charge is 0.493 e. The topological polar surface area (TPSA) is 117 Å². The number of rotatable bonds is 9. The minimum Gasteiger partial charge on any atom is -0.493 e. The van der Waals surface area contributed by atoms with Gasteiger partial charge in [0.15, 0.2) is 22.5 Å². The molecule has 0 bridgehead atoms. The summed E-state index contributed by atoms with van der Waals surface area (Å²) in [5, 5.41) is 13.8. The lowest BCUT2D eigenvalue weighted by molar-refractivity contribution is -0.117. The normalized spacial score (nSPS) is 10.4. The van der Waals surface area contributed by atoms with E-state index in [1.54, 1.807) is 23.7 Å². The third-order valence-corrected chi connectivity index (χ3v) is 5.66. The molecule has 0 unspecified atom stereocenters. The number of ether oxygens (including phenoxy) is 3. The summed E-state index contributed by atoms with van der Waals surface area (Å²) >= 11 is 1.16. The molecule has 2 aromatic carbocycles. The summed E-state index contributed by atoms with van der Waals surface area (Å²) in [6.07, 6.45) is 0. The van der Waals surface area contributed by atoms with E-state index in [0.717, 1.165) is 17.3 Å². The first-order valence-corrected chi connectivity index (χ1v) is 10.9. The van der Waals surface area contributed by atoms with Crippen LogP contribution < -0.4 is 24.8 Å². The van der Waals surface area contributed by atoms with Gasteiger partial charge in [-0.2, -0.15) is 0 Å². The summed E-state index contributed by atoms with van der Waals surface area (Å²) < 4.78 is 17.9. The van der Waals surface area contributed by atoms with Gasteiger partial charge in [-0.3, -0.25) is 10.1 Å². The Bertz CT molecular complexity index is 1090. The van der Waals surface area contributed by atoms with Crippen LogP contribution in [0.5, 0.6) is 17.2 Å². The highest BCUT2D eigenvalue weighted by atomic mass is 32.2. The van der Waals surface area contributed by atoms with Crippen molar-refractivity contribution in [2.24, 2.45) is 7.05 Å². The predicted molar refractivity (Wildman–Crippen MR) is 124 cm³/mol. The van der Waals surface area contributed by atoms with Crippen molar-refractivity contribution >= 4 is 23.7 Å². The molecule has 1 aromatic heterocycles. The van der Waals surface area contributed by atoms with Crippen molar-refractivity contribution in [3.8, 4) is 28.6 Å². The number of carbonyl (C=O) groups is 2. The number of hydrogen-bond acceptors (Lipinski definition) is 8. The second kappa shape index (κ2) is 11.2. The zero-order valence-corrected chi connectivity index (χ0v) is 19.6. The summed E-state index contributed by atoms with van der Waals surface area (Å²) in [6.45, 7) is 0.328. The maximum absolute atomic E-state index is 12.2. The van der Waals surface area contributed by atoms with Crippen LogP contribution in [-0.4, -0.2) is 53.8 Å². The standard InChI is InChI=1S/C22H25N5O5S/c1-27-20(15-10-16(30-2)19(32-4)17(11-15)31-3)25-26-22(27)33-13-18(28)24-21(29)23-12-14-8-6-5-7-9-14/h5-11H,12-13H2,1-4H3,(H2,23,24,28,29). The fourth-order valence-corrected chi connectivity index (χ4v) is 3.73. The first-order valence-electron chi connectivity index (χ1n) is 9.91. The molecule has 3 amide bonds. The first kappa shape index (κ1) is 23.9.